The van der Waals surface area contributed by atoms with Crippen molar-refractivity contribution in [2.24, 2.45) is 0 Å². The molecule has 5 nitrogen and oxygen atoms in total. The summed E-state index contributed by atoms with van der Waals surface area (Å²) in [5.74, 6) is -0.593. The van der Waals surface area contributed by atoms with Gasteiger partial charge in [-0.15, -0.1) is 0 Å². The van der Waals surface area contributed by atoms with Crippen molar-refractivity contribution in [1.29, 1.82) is 0 Å². The lowest BCUT2D eigenvalue weighted by Gasteiger charge is -2.15. The summed E-state index contributed by atoms with van der Waals surface area (Å²) in [7, 11) is 0. The van der Waals surface area contributed by atoms with E-state index >= 15 is 0 Å². The van der Waals surface area contributed by atoms with Gasteiger partial charge in [0.15, 0.2) is 6.10 Å². The van der Waals surface area contributed by atoms with Crippen LogP contribution in [0.25, 0.3) is 0 Å². The number of aliphatic hydroxyl groups is 1. The van der Waals surface area contributed by atoms with Gasteiger partial charge in [-0.2, -0.15) is 0 Å². The molecule has 0 rings (SSSR count). The molecule has 424 valence electrons. The highest BCUT2D eigenvalue weighted by Crippen LogP contribution is 2.16. The summed E-state index contributed by atoms with van der Waals surface area (Å²) in [6.07, 6.45) is 92.2. The van der Waals surface area contributed by atoms with Crippen LogP contribution in [0.15, 0.2) is 109 Å². The van der Waals surface area contributed by atoms with E-state index in [0.717, 1.165) is 96.3 Å². The van der Waals surface area contributed by atoms with Gasteiger partial charge in [0.05, 0.1) is 6.61 Å². The van der Waals surface area contributed by atoms with Crippen LogP contribution in [0.5, 0.6) is 0 Å². The average Bonchev–Trinajstić information content (AvgIpc) is 3.40. The minimum atomic E-state index is -0.783. The third-order valence-corrected chi connectivity index (χ3v) is 13.6. The molecule has 1 unspecified atom stereocenters. The van der Waals surface area contributed by atoms with Crippen LogP contribution in [0.2, 0.25) is 0 Å². The number of hydrogen-bond donors (Lipinski definition) is 1. The van der Waals surface area contributed by atoms with E-state index in [4.69, 9.17) is 9.47 Å². The predicted molar refractivity (Wildman–Crippen MR) is 325 cm³/mol. The fourth-order valence-corrected chi connectivity index (χ4v) is 8.86. The zero-order chi connectivity index (χ0) is 53.4. The number of carbonyl (C=O) groups is 2. The van der Waals surface area contributed by atoms with Crippen LogP contribution in [-0.4, -0.2) is 36.4 Å². The van der Waals surface area contributed by atoms with E-state index in [1.165, 1.54) is 173 Å². The molecule has 0 saturated heterocycles. The second-order valence-corrected chi connectivity index (χ2v) is 20.8. The van der Waals surface area contributed by atoms with Gasteiger partial charge in [0.2, 0.25) is 0 Å². The maximum atomic E-state index is 12.3. The molecule has 0 amide bonds. The van der Waals surface area contributed by atoms with Crippen molar-refractivity contribution >= 4 is 11.9 Å². The summed E-state index contributed by atoms with van der Waals surface area (Å²) in [4.78, 5) is 24.6. The molecule has 0 fully saturated rings. The Morgan fingerprint density at radius 2 is 0.581 bits per heavy atom. The standard InChI is InChI=1S/C69H118O5/c1-3-5-7-9-11-13-15-17-19-21-23-25-27-29-31-33-34-36-38-40-42-44-46-48-50-52-54-56-58-60-62-64-69(72)74-67(65-70)66-73-68(71)63-61-59-57-55-53-51-49-47-45-43-41-39-37-35-32-30-28-26-24-22-20-18-16-14-12-10-8-6-4-2/h5,7,11,13,16-19,22-25,29,31,34,36,40,42,67,70H,3-4,6,8-10,12,14-15,20-21,26-28,30,32-33,35,37-39,41,43-66H2,1-2H3/b7-5-,13-11-,18-16-,19-17-,24-22-,25-23-,31-29-,36-34-,42-40-. The first-order valence-corrected chi connectivity index (χ1v) is 31.4. The van der Waals surface area contributed by atoms with Gasteiger partial charge in [-0.25, -0.2) is 0 Å². The molecule has 5 heteroatoms. The Balaban J connectivity index is 3.51. The van der Waals surface area contributed by atoms with Gasteiger partial charge in [0.25, 0.3) is 0 Å². The Kier molecular flexibility index (Phi) is 60.9. The molecule has 0 spiro atoms. The van der Waals surface area contributed by atoms with Crippen molar-refractivity contribution in [3.63, 3.8) is 0 Å². The van der Waals surface area contributed by atoms with Crippen LogP contribution in [0, 0.1) is 0 Å². The summed E-state index contributed by atoms with van der Waals surface area (Å²) in [5, 5.41) is 9.68. The Labute approximate surface area is 459 Å². The summed E-state index contributed by atoms with van der Waals surface area (Å²) in [6, 6.07) is 0. The molecule has 0 heterocycles. The van der Waals surface area contributed by atoms with Gasteiger partial charge < -0.3 is 14.6 Å². The van der Waals surface area contributed by atoms with E-state index in [1.807, 2.05) is 0 Å². The maximum Gasteiger partial charge on any atom is 0.306 e. The van der Waals surface area contributed by atoms with E-state index in [0.29, 0.717) is 12.8 Å². The number of allylic oxidation sites excluding steroid dienone is 18. The molecule has 0 aliphatic rings. The molecule has 74 heavy (non-hydrogen) atoms. The van der Waals surface area contributed by atoms with Crippen molar-refractivity contribution in [1.82, 2.24) is 0 Å². The van der Waals surface area contributed by atoms with Gasteiger partial charge in [0.1, 0.15) is 6.61 Å². The van der Waals surface area contributed by atoms with Gasteiger partial charge in [0, 0.05) is 12.8 Å². The quantitative estimate of drug-likeness (QED) is 0.0373. The van der Waals surface area contributed by atoms with Crippen LogP contribution in [0.3, 0.4) is 0 Å². The Morgan fingerprint density at radius 3 is 0.878 bits per heavy atom. The largest absolute Gasteiger partial charge is 0.462 e. The molecular weight excluding hydrogens is 909 g/mol. The Morgan fingerprint density at radius 1 is 0.324 bits per heavy atom. The zero-order valence-corrected chi connectivity index (χ0v) is 48.6. The number of aliphatic hydroxyl groups excluding tert-OH is 1. The van der Waals surface area contributed by atoms with Crippen molar-refractivity contribution in [2.75, 3.05) is 13.2 Å². The van der Waals surface area contributed by atoms with Gasteiger partial charge >= 0.3 is 11.9 Å². The third kappa shape index (κ3) is 61.1. The third-order valence-electron chi connectivity index (χ3n) is 13.6. The van der Waals surface area contributed by atoms with Crippen molar-refractivity contribution < 1.29 is 24.2 Å². The molecular formula is C69H118O5. The topological polar surface area (TPSA) is 72.8 Å². The fourth-order valence-electron chi connectivity index (χ4n) is 8.86. The Bertz CT molecular complexity index is 1440. The maximum absolute atomic E-state index is 12.3. The summed E-state index contributed by atoms with van der Waals surface area (Å²) >= 11 is 0. The van der Waals surface area contributed by atoms with Crippen LogP contribution in [-0.2, 0) is 19.1 Å². The molecule has 0 aromatic rings. The van der Waals surface area contributed by atoms with E-state index in [9.17, 15) is 14.7 Å². The predicted octanol–water partition coefficient (Wildman–Crippen LogP) is 21.6. The van der Waals surface area contributed by atoms with E-state index in [2.05, 4.69) is 123 Å². The van der Waals surface area contributed by atoms with Crippen LogP contribution < -0.4 is 0 Å². The van der Waals surface area contributed by atoms with E-state index in [-0.39, 0.29) is 25.2 Å². The molecule has 0 aromatic heterocycles. The van der Waals surface area contributed by atoms with Crippen molar-refractivity contribution in [2.45, 2.75) is 302 Å². The monoisotopic (exact) mass is 1030 g/mol. The van der Waals surface area contributed by atoms with Gasteiger partial charge in [-0.3, -0.25) is 9.59 Å². The lowest BCUT2D eigenvalue weighted by molar-refractivity contribution is -0.161. The number of carbonyl (C=O) groups excluding carboxylic acids is 2. The minimum absolute atomic E-state index is 0.0714. The Hall–Kier alpha value is -3.44. The highest BCUT2D eigenvalue weighted by atomic mass is 16.6. The normalized spacial score (nSPS) is 13.0. The lowest BCUT2D eigenvalue weighted by Crippen LogP contribution is -2.28. The summed E-state index contributed by atoms with van der Waals surface area (Å²) in [6.45, 7) is 4.03. The minimum Gasteiger partial charge on any atom is -0.462 e. The second-order valence-electron chi connectivity index (χ2n) is 20.8. The second kappa shape index (κ2) is 63.8. The molecule has 1 atom stereocenters. The number of esters is 2. The lowest BCUT2D eigenvalue weighted by atomic mass is 10.0. The molecule has 0 aromatic carbocycles. The first kappa shape index (κ1) is 70.6. The molecule has 1 N–H and O–H groups in total. The smallest absolute Gasteiger partial charge is 0.306 e. The first-order chi connectivity index (χ1) is 36.6. The number of unbranched alkanes of at least 4 members (excludes halogenated alkanes) is 31. The van der Waals surface area contributed by atoms with Crippen molar-refractivity contribution in [3.8, 4) is 0 Å². The summed E-state index contributed by atoms with van der Waals surface area (Å²) < 4.78 is 10.7. The summed E-state index contributed by atoms with van der Waals surface area (Å²) in [5.41, 5.74) is 0. The van der Waals surface area contributed by atoms with E-state index < -0.39 is 6.10 Å². The van der Waals surface area contributed by atoms with Gasteiger partial charge in [-0.1, -0.05) is 290 Å². The zero-order valence-electron chi connectivity index (χ0n) is 48.6. The van der Waals surface area contributed by atoms with Crippen LogP contribution >= 0.6 is 0 Å². The molecule has 0 aliphatic heterocycles. The number of ether oxygens (including phenoxy) is 2. The van der Waals surface area contributed by atoms with Crippen molar-refractivity contribution in [3.05, 3.63) is 109 Å². The molecule has 0 radical (unpaired) electrons. The molecule has 0 aliphatic carbocycles. The molecule has 0 saturated carbocycles. The van der Waals surface area contributed by atoms with Crippen LogP contribution in [0.4, 0.5) is 0 Å². The number of rotatable bonds is 57. The van der Waals surface area contributed by atoms with Crippen LogP contribution in [0.1, 0.15) is 296 Å². The highest BCUT2D eigenvalue weighted by molar-refractivity contribution is 5.70. The van der Waals surface area contributed by atoms with E-state index in [1.54, 1.807) is 0 Å². The average molecular weight is 1030 g/mol. The SMILES string of the molecule is CC/C=C\C/C=C\C/C=C\C/C=C\C/C=C\C/C=C\C/C=C\CCCCCCCCCCCC(=O)OC(CO)COC(=O)CCCCCCCCCCCCCCCCCCC/C=C\C/C=C\CCCCCCC. The molecule has 0 bridgehead atoms. The number of hydrogen-bond acceptors (Lipinski definition) is 5. The van der Waals surface area contributed by atoms with Gasteiger partial charge in [-0.05, 0) is 103 Å². The fraction of sp³-hybridized carbons (Fsp3) is 0.710. The first-order valence-electron chi connectivity index (χ1n) is 31.4. The highest BCUT2D eigenvalue weighted by Gasteiger charge is 2.16.